The van der Waals surface area contributed by atoms with Crippen molar-refractivity contribution in [3.63, 3.8) is 0 Å². The summed E-state index contributed by atoms with van der Waals surface area (Å²) in [5, 5.41) is 8.72. The monoisotopic (exact) mass is 369 g/mol. The Balaban J connectivity index is 1.84. The first kappa shape index (κ1) is 17.8. The molecule has 7 heteroatoms. The molecule has 134 valence electrons. The number of aromatic nitrogens is 1. The number of ether oxygens (including phenoxy) is 2. The van der Waals surface area contributed by atoms with E-state index in [9.17, 15) is 4.79 Å². The fraction of sp³-hybridized carbons (Fsp3) is 0.158. The van der Waals surface area contributed by atoms with Gasteiger partial charge in [-0.1, -0.05) is 6.07 Å². The van der Waals surface area contributed by atoms with E-state index in [-0.39, 0.29) is 5.91 Å². The normalized spacial score (nSPS) is 10.3. The van der Waals surface area contributed by atoms with Crippen molar-refractivity contribution in [3.05, 3.63) is 47.8 Å². The number of carbonyl (C=O) groups is 1. The van der Waals surface area contributed by atoms with Crippen LogP contribution in [-0.4, -0.2) is 25.1 Å². The highest BCUT2D eigenvalue weighted by Gasteiger charge is 2.12. The van der Waals surface area contributed by atoms with Crippen LogP contribution in [0.2, 0.25) is 0 Å². The molecular weight excluding hydrogens is 350 g/mol. The molecule has 1 heterocycles. The number of nitrogens with zero attached hydrogens (tertiary/aromatic N) is 1. The van der Waals surface area contributed by atoms with Gasteiger partial charge in [-0.15, -0.1) is 11.3 Å². The summed E-state index contributed by atoms with van der Waals surface area (Å²) in [5.41, 5.74) is 3.23. The number of benzene rings is 2. The molecule has 0 saturated heterocycles. The van der Waals surface area contributed by atoms with Crippen LogP contribution in [0.1, 0.15) is 6.92 Å². The Hall–Kier alpha value is -3.06. The summed E-state index contributed by atoms with van der Waals surface area (Å²) in [5.74, 6) is 1.37. The van der Waals surface area contributed by atoms with Crippen molar-refractivity contribution in [1.82, 2.24) is 4.98 Å². The van der Waals surface area contributed by atoms with E-state index < -0.39 is 0 Å². The van der Waals surface area contributed by atoms with Crippen molar-refractivity contribution in [1.29, 1.82) is 0 Å². The number of thiazole rings is 1. The second-order valence-electron chi connectivity index (χ2n) is 5.49. The SMILES string of the molecule is COc1ccc(OC)c(-c2csc(Nc3cccc(NC(C)=O)c3)n2)c1. The highest BCUT2D eigenvalue weighted by atomic mass is 32.1. The van der Waals surface area contributed by atoms with Gasteiger partial charge in [0, 0.05) is 29.2 Å². The van der Waals surface area contributed by atoms with E-state index in [4.69, 9.17) is 9.47 Å². The van der Waals surface area contributed by atoms with E-state index in [2.05, 4.69) is 15.6 Å². The Morgan fingerprint density at radius 1 is 1.08 bits per heavy atom. The lowest BCUT2D eigenvalue weighted by Crippen LogP contribution is -2.05. The maximum Gasteiger partial charge on any atom is 0.221 e. The summed E-state index contributed by atoms with van der Waals surface area (Å²) in [6.45, 7) is 1.48. The van der Waals surface area contributed by atoms with E-state index in [1.165, 1.54) is 18.3 Å². The second kappa shape index (κ2) is 7.88. The minimum Gasteiger partial charge on any atom is -0.497 e. The van der Waals surface area contributed by atoms with Crippen molar-refractivity contribution in [2.24, 2.45) is 0 Å². The number of rotatable bonds is 6. The van der Waals surface area contributed by atoms with Crippen LogP contribution in [0.25, 0.3) is 11.3 Å². The zero-order valence-electron chi connectivity index (χ0n) is 14.7. The standard InChI is InChI=1S/C19H19N3O3S/c1-12(23)20-13-5-4-6-14(9-13)21-19-22-17(11-26-19)16-10-15(24-2)7-8-18(16)25-3/h4-11H,1-3H3,(H,20,23)(H,21,22). The van der Waals surface area contributed by atoms with Crippen molar-refractivity contribution in [2.75, 3.05) is 24.9 Å². The van der Waals surface area contributed by atoms with Gasteiger partial charge in [0.25, 0.3) is 0 Å². The van der Waals surface area contributed by atoms with Gasteiger partial charge in [-0.3, -0.25) is 4.79 Å². The average molecular weight is 369 g/mol. The minimum absolute atomic E-state index is 0.108. The Kier molecular flexibility index (Phi) is 5.38. The maximum atomic E-state index is 11.2. The number of nitrogens with one attached hydrogen (secondary N) is 2. The number of hydrogen-bond acceptors (Lipinski definition) is 6. The van der Waals surface area contributed by atoms with Gasteiger partial charge >= 0.3 is 0 Å². The predicted molar refractivity (Wildman–Crippen MR) is 105 cm³/mol. The van der Waals surface area contributed by atoms with Gasteiger partial charge in [0.15, 0.2) is 5.13 Å². The molecular formula is C19H19N3O3S. The Bertz CT molecular complexity index is 924. The van der Waals surface area contributed by atoms with E-state index in [0.29, 0.717) is 0 Å². The summed E-state index contributed by atoms with van der Waals surface area (Å²) in [4.78, 5) is 15.8. The molecule has 3 rings (SSSR count). The molecule has 2 aromatic carbocycles. The topological polar surface area (TPSA) is 72.5 Å². The number of hydrogen-bond donors (Lipinski definition) is 2. The van der Waals surface area contributed by atoms with E-state index in [0.717, 1.165) is 39.3 Å². The summed E-state index contributed by atoms with van der Waals surface area (Å²) < 4.78 is 10.7. The van der Waals surface area contributed by atoms with E-state index >= 15 is 0 Å². The van der Waals surface area contributed by atoms with Crippen LogP contribution in [0.4, 0.5) is 16.5 Å². The Morgan fingerprint density at radius 3 is 2.62 bits per heavy atom. The number of amides is 1. The molecule has 3 aromatic rings. The first-order valence-corrected chi connectivity index (χ1v) is 8.79. The van der Waals surface area contributed by atoms with Crippen LogP contribution in [-0.2, 0) is 4.79 Å². The van der Waals surface area contributed by atoms with Crippen LogP contribution in [0.5, 0.6) is 11.5 Å². The lowest BCUT2D eigenvalue weighted by Gasteiger charge is -2.08. The van der Waals surface area contributed by atoms with Crippen molar-refractivity contribution in [2.45, 2.75) is 6.92 Å². The number of anilines is 3. The molecule has 0 aliphatic carbocycles. The van der Waals surface area contributed by atoms with Gasteiger partial charge in [0.1, 0.15) is 11.5 Å². The molecule has 2 N–H and O–H groups in total. The van der Waals surface area contributed by atoms with Crippen LogP contribution >= 0.6 is 11.3 Å². The van der Waals surface area contributed by atoms with Crippen molar-refractivity contribution < 1.29 is 14.3 Å². The van der Waals surface area contributed by atoms with Gasteiger partial charge in [-0.05, 0) is 36.4 Å². The average Bonchev–Trinajstić information content (AvgIpc) is 3.09. The molecule has 0 fully saturated rings. The third-order valence-electron chi connectivity index (χ3n) is 3.62. The molecule has 0 spiro atoms. The van der Waals surface area contributed by atoms with Gasteiger partial charge in [-0.2, -0.15) is 0 Å². The first-order chi connectivity index (χ1) is 12.6. The molecule has 0 bridgehead atoms. The van der Waals surface area contributed by atoms with Crippen LogP contribution in [0, 0.1) is 0 Å². The van der Waals surface area contributed by atoms with Crippen LogP contribution in [0.15, 0.2) is 47.8 Å². The van der Waals surface area contributed by atoms with Crippen molar-refractivity contribution >= 4 is 33.8 Å². The highest BCUT2D eigenvalue weighted by molar-refractivity contribution is 7.14. The van der Waals surface area contributed by atoms with Crippen molar-refractivity contribution in [3.8, 4) is 22.8 Å². The fourth-order valence-corrected chi connectivity index (χ4v) is 3.20. The van der Waals surface area contributed by atoms with Gasteiger partial charge in [0.2, 0.25) is 5.91 Å². The largest absolute Gasteiger partial charge is 0.497 e. The third-order valence-corrected chi connectivity index (χ3v) is 4.38. The molecule has 0 radical (unpaired) electrons. The lowest BCUT2D eigenvalue weighted by atomic mass is 10.1. The molecule has 0 aliphatic rings. The first-order valence-electron chi connectivity index (χ1n) is 7.91. The van der Waals surface area contributed by atoms with Crippen LogP contribution in [0.3, 0.4) is 0 Å². The zero-order valence-corrected chi connectivity index (χ0v) is 15.5. The molecule has 1 aromatic heterocycles. The zero-order chi connectivity index (χ0) is 18.5. The van der Waals surface area contributed by atoms with Gasteiger partial charge in [0.05, 0.1) is 19.9 Å². The summed E-state index contributed by atoms with van der Waals surface area (Å²) in [6, 6.07) is 13.1. The lowest BCUT2D eigenvalue weighted by molar-refractivity contribution is -0.114. The second-order valence-corrected chi connectivity index (χ2v) is 6.35. The fourth-order valence-electron chi connectivity index (χ4n) is 2.47. The Labute approximate surface area is 155 Å². The van der Waals surface area contributed by atoms with Gasteiger partial charge < -0.3 is 20.1 Å². The Morgan fingerprint density at radius 2 is 1.88 bits per heavy atom. The predicted octanol–water partition coefficient (Wildman–Crippen LogP) is 4.53. The molecule has 0 aliphatic heterocycles. The molecule has 0 atom stereocenters. The van der Waals surface area contributed by atoms with Crippen LogP contribution < -0.4 is 20.1 Å². The summed E-state index contributed by atoms with van der Waals surface area (Å²) in [7, 11) is 3.26. The summed E-state index contributed by atoms with van der Waals surface area (Å²) in [6.07, 6.45) is 0. The number of carbonyl (C=O) groups excluding carboxylic acids is 1. The highest BCUT2D eigenvalue weighted by Crippen LogP contribution is 2.35. The molecule has 1 amide bonds. The molecule has 26 heavy (non-hydrogen) atoms. The number of methoxy groups -OCH3 is 2. The van der Waals surface area contributed by atoms with Gasteiger partial charge in [-0.25, -0.2) is 4.98 Å². The quantitative estimate of drug-likeness (QED) is 0.668. The van der Waals surface area contributed by atoms with E-state index in [1.54, 1.807) is 14.2 Å². The maximum absolute atomic E-state index is 11.2. The summed E-state index contributed by atoms with van der Waals surface area (Å²) >= 11 is 1.49. The van der Waals surface area contributed by atoms with E-state index in [1.807, 2.05) is 47.8 Å². The third kappa shape index (κ3) is 4.12. The smallest absolute Gasteiger partial charge is 0.221 e. The molecule has 0 unspecified atom stereocenters. The minimum atomic E-state index is -0.108. The molecule has 6 nitrogen and oxygen atoms in total. The molecule has 0 saturated carbocycles.